The van der Waals surface area contributed by atoms with Crippen LogP contribution in [0.25, 0.3) is 0 Å². The van der Waals surface area contributed by atoms with Crippen LogP contribution in [0.15, 0.2) is 0 Å². The molecule has 0 unspecified atom stereocenters. The van der Waals surface area contributed by atoms with Crippen LogP contribution in [0, 0.1) is 0 Å². The van der Waals surface area contributed by atoms with Crippen molar-refractivity contribution in [2.45, 2.75) is 3.96 Å². The predicted molar refractivity (Wildman–Crippen MR) is 48.5 cm³/mol. The normalized spacial score (nSPS) is 14.0. The number of alkyl halides is 3. The lowest BCUT2D eigenvalue weighted by atomic mass is 10.9. The Labute approximate surface area is 83.4 Å². The summed E-state index contributed by atoms with van der Waals surface area (Å²) in [5.74, 6) is -0.0706. The molecule has 0 atom stereocenters. The minimum absolute atomic E-state index is 0.0706. The molecule has 0 fully saturated rings. The molecule has 0 saturated heterocycles. The third-order valence-corrected chi connectivity index (χ3v) is 9.10. The van der Waals surface area contributed by atoms with E-state index >= 15 is 0 Å². The lowest BCUT2D eigenvalue weighted by Gasteiger charge is -2.21. The molecular formula is C2H2Cl6Si. The Morgan fingerprint density at radius 2 is 1.44 bits per heavy atom. The van der Waals surface area contributed by atoms with Gasteiger partial charge in [-0.05, 0) is 0 Å². The highest BCUT2D eigenvalue weighted by atomic mass is 35.8. The average molecular weight is 267 g/mol. The molecule has 0 aromatic heterocycles. The molecule has 0 heterocycles. The van der Waals surface area contributed by atoms with E-state index in [1.165, 1.54) is 0 Å². The van der Waals surface area contributed by atoms with Crippen LogP contribution in [0.3, 0.4) is 0 Å². The molecule has 0 spiro atoms. The summed E-state index contributed by atoms with van der Waals surface area (Å²) in [6, 6.07) is -3.07. The second kappa shape index (κ2) is 3.57. The number of hydrogen-bond acceptors (Lipinski definition) is 0. The summed E-state index contributed by atoms with van der Waals surface area (Å²) < 4.78 is -1.38. The van der Waals surface area contributed by atoms with Gasteiger partial charge in [0.15, 0.2) is 3.96 Å². The lowest BCUT2D eigenvalue weighted by Crippen LogP contribution is -2.38. The molecule has 0 aliphatic heterocycles. The Bertz CT molecular complexity index is 93.7. The first-order valence-electron chi connectivity index (χ1n) is 1.82. The van der Waals surface area contributed by atoms with E-state index < -0.39 is 9.96 Å². The summed E-state index contributed by atoms with van der Waals surface area (Å²) in [6.45, 7) is 0. The fourth-order valence-corrected chi connectivity index (χ4v) is 2.05. The average Bonchev–Trinajstić information content (AvgIpc) is 1.64. The summed E-state index contributed by atoms with van der Waals surface area (Å²) in [6.07, 6.45) is 0. The highest BCUT2D eigenvalue weighted by Crippen LogP contribution is 2.41. The molecular weight excluding hydrogens is 265 g/mol. The molecule has 0 radical (unpaired) electrons. The van der Waals surface area contributed by atoms with E-state index in [9.17, 15) is 0 Å². The van der Waals surface area contributed by atoms with Crippen LogP contribution in [0.4, 0.5) is 0 Å². The Morgan fingerprint density at radius 3 is 1.44 bits per heavy atom. The van der Waals surface area contributed by atoms with E-state index in [2.05, 4.69) is 0 Å². The van der Waals surface area contributed by atoms with Crippen molar-refractivity contribution in [3.8, 4) is 0 Å². The maximum absolute atomic E-state index is 5.50. The van der Waals surface area contributed by atoms with Crippen LogP contribution >= 0.6 is 68.0 Å². The second-order valence-corrected chi connectivity index (χ2v) is 12.4. The minimum Gasteiger partial charge on any atom is -0.124 e. The van der Waals surface area contributed by atoms with Gasteiger partial charge in [-0.1, -0.05) is 23.2 Å². The molecule has 0 aromatic rings. The van der Waals surface area contributed by atoms with Gasteiger partial charge in [0.1, 0.15) is 0 Å². The van der Waals surface area contributed by atoms with E-state index in [1.807, 2.05) is 0 Å². The topological polar surface area (TPSA) is 0 Å². The molecule has 0 N–H and O–H groups in total. The molecule has 9 heavy (non-hydrogen) atoms. The molecule has 0 bridgehead atoms. The Kier molecular flexibility index (Phi) is 4.35. The maximum Gasteiger partial charge on any atom is 0.377 e. The van der Waals surface area contributed by atoms with Gasteiger partial charge in [0.2, 0.25) is 0 Å². The summed E-state index contributed by atoms with van der Waals surface area (Å²) >= 11 is 32.6. The third kappa shape index (κ3) is 3.24. The van der Waals surface area contributed by atoms with Gasteiger partial charge in [0.05, 0.1) is 5.88 Å². The first kappa shape index (κ1) is 11.0. The van der Waals surface area contributed by atoms with E-state index in [0.29, 0.717) is 0 Å². The molecule has 0 amide bonds. The highest BCUT2D eigenvalue weighted by Gasteiger charge is 2.48. The van der Waals surface area contributed by atoms with Crippen LogP contribution in [0.2, 0.25) is 0 Å². The van der Waals surface area contributed by atoms with Gasteiger partial charge in [-0.2, -0.15) is 0 Å². The van der Waals surface area contributed by atoms with E-state index in [4.69, 9.17) is 68.0 Å². The van der Waals surface area contributed by atoms with Crippen molar-refractivity contribution in [2.75, 3.05) is 5.88 Å². The van der Waals surface area contributed by atoms with Gasteiger partial charge in [-0.25, -0.2) is 0 Å². The molecule has 0 aliphatic carbocycles. The van der Waals surface area contributed by atoms with E-state index in [0.717, 1.165) is 0 Å². The summed E-state index contributed by atoms with van der Waals surface area (Å²) in [7, 11) is 0. The van der Waals surface area contributed by atoms with Crippen molar-refractivity contribution in [2.24, 2.45) is 0 Å². The second-order valence-electron chi connectivity index (χ2n) is 1.34. The van der Waals surface area contributed by atoms with Crippen LogP contribution < -0.4 is 0 Å². The van der Waals surface area contributed by atoms with E-state index in [1.54, 1.807) is 0 Å². The zero-order chi connectivity index (χ0) is 7.71. The number of hydrogen-bond donors (Lipinski definition) is 0. The number of halogens is 6. The minimum atomic E-state index is -3.07. The molecule has 0 aliphatic rings. The van der Waals surface area contributed by atoms with Crippen molar-refractivity contribution < 1.29 is 0 Å². The zero-order valence-corrected chi connectivity index (χ0v) is 9.51. The standard InChI is InChI=1S/C2H2Cl6Si/c3-1-2(4,5)9(6,7)8/h1H2. The highest BCUT2D eigenvalue weighted by molar-refractivity contribution is 7.68. The molecule has 56 valence electrons. The predicted octanol–water partition coefficient (Wildman–Crippen LogP) is 3.59. The molecule has 7 heteroatoms. The summed E-state index contributed by atoms with van der Waals surface area (Å²) in [5.41, 5.74) is 0. The van der Waals surface area contributed by atoms with Crippen LogP contribution in [0.1, 0.15) is 0 Å². The van der Waals surface area contributed by atoms with Gasteiger partial charge in [0, 0.05) is 0 Å². The fourth-order valence-electron chi connectivity index (χ4n) is 0.0758. The maximum atomic E-state index is 5.50. The third-order valence-electron chi connectivity index (χ3n) is 0.583. The Balaban J connectivity index is 4.14. The summed E-state index contributed by atoms with van der Waals surface area (Å²) in [5, 5.41) is 0. The first-order chi connectivity index (χ1) is 3.81. The monoisotopic (exact) mass is 264 g/mol. The number of rotatable bonds is 2. The molecule has 0 nitrogen and oxygen atoms in total. The van der Waals surface area contributed by atoms with E-state index in [-0.39, 0.29) is 5.88 Å². The quantitative estimate of drug-likeness (QED) is 0.407. The van der Waals surface area contributed by atoms with Crippen molar-refractivity contribution in [3.63, 3.8) is 0 Å². The van der Waals surface area contributed by atoms with Crippen LogP contribution in [0.5, 0.6) is 0 Å². The molecule has 0 saturated carbocycles. The molecule has 0 rings (SSSR count). The van der Waals surface area contributed by atoms with Gasteiger partial charge in [-0.3, -0.25) is 0 Å². The molecule has 0 aromatic carbocycles. The van der Waals surface area contributed by atoms with Gasteiger partial charge in [-0.15, -0.1) is 44.8 Å². The van der Waals surface area contributed by atoms with Gasteiger partial charge >= 0.3 is 6.00 Å². The van der Waals surface area contributed by atoms with Crippen LogP contribution in [-0.2, 0) is 0 Å². The first-order valence-corrected chi connectivity index (χ1v) is 8.14. The largest absolute Gasteiger partial charge is 0.377 e. The van der Waals surface area contributed by atoms with Gasteiger partial charge in [0.25, 0.3) is 0 Å². The fraction of sp³-hybridized carbons (Fsp3) is 1.00. The van der Waals surface area contributed by atoms with Gasteiger partial charge < -0.3 is 0 Å². The van der Waals surface area contributed by atoms with Crippen molar-refractivity contribution >= 4 is 74.0 Å². The van der Waals surface area contributed by atoms with Crippen molar-refractivity contribution in [1.29, 1.82) is 0 Å². The Hall–Kier alpha value is 1.96. The zero-order valence-electron chi connectivity index (χ0n) is 3.97. The Morgan fingerprint density at radius 1 is 1.11 bits per heavy atom. The SMILES string of the molecule is ClCC(Cl)(Cl)[Si](Cl)(Cl)Cl. The van der Waals surface area contributed by atoms with Crippen molar-refractivity contribution in [3.05, 3.63) is 0 Å². The smallest absolute Gasteiger partial charge is 0.124 e. The van der Waals surface area contributed by atoms with Crippen LogP contribution in [-0.4, -0.2) is 15.8 Å². The summed E-state index contributed by atoms with van der Waals surface area (Å²) in [4.78, 5) is 0. The van der Waals surface area contributed by atoms with Crippen molar-refractivity contribution in [1.82, 2.24) is 0 Å². The lowest BCUT2D eigenvalue weighted by molar-refractivity contribution is 1.26.